The lowest BCUT2D eigenvalue weighted by atomic mass is 9.98. The number of aliphatic hydroxyl groups is 1. The van der Waals surface area contributed by atoms with Gasteiger partial charge in [0.1, 0.15) is 6.10 Å². The van der Waals surface area contributed by atoms with Gasteiger partial charge in [-0.05, 0) is 41.3 Å². The molecule has 0 radical (unpaired) electrons. The fourth-order valence-electron chi connectivity index (χ4n) is 2.51. The summed E-state index contributed by atoms with van der Waals surface area (Å²) in [6, 6.07) is 18.8. The van der Waals surface area contributed by atoms with E-state index in [1.807, 2.05) is 42.5 Å². The van der Waals surface area contributed by atoms with Gasteiger partial charge in [0.25, 0.3) is 0 Å². The predicted molar refractivity (Wildman–Crippen MR) is 98.0 cm³/mol. The van der Waals surface area contributed by atoms with Crippen molar-refractivity contribution in [3.05, 3.63) is 107 Å². The summed E-state index contributed by atoms with van der Waals surface area (Å²) in [5.74, 6) is 5.89. The Morgan fingerprint density at radius 3 is 2.52 bits per heavy atom. The number of hydrogen-bond acceptors (Lipinski definition) is 2. The van der Waals surface area contributed by atoms with E-state index < -0.39 is 6.10 Å². The van der Waals surface area contributed by atoms with Gasteiger partial charge in [-0.1, -0.05) is 54.3 Å². The molecule has 25 heavy (non-hydrogen) atoms. The van der Waals surface area contributed by atoms with Crippen LogP contribution in [-0.4, -0.2) is 10.1 Å². The molecule has 3 nitrogen and oxygen atoms in total. The third-order valence-electron chi connectivity index (χ3n) is 3.82. The number of rotatable bonds is 3. The first-order valence-electron chi connectivity index (χ1n) is 7.90. The lowest BCUT2D eigenvalue weighted by Crippen LogP contribution is -2.02. The van der Waals surface area contributed by atoms with Crippen LogP contribution in [0.3, 0.4) is 0 Å². The molecule has 1 N–H and O–H groups in total. The van der Waals surface area contributed by atoms with Crippen molar-refractivity contribution in [1.29, 1.82) is 0 Å². The molecule has 0 bridgehead atoms. The van der Waals surface area contributed by atoms with Gasteiger partial charge >= 0.3 is 0 Å². The van der Waals surface area contributed by atoms with Crippen molar-refractivity contribution < 1.29 is 5.11 Å². The van der Waals surface area contributed by atoms with E-state index >= 15 is 0 Å². The highest BCUT2D eigenvalue weighted by Crippen LogP contribution is 2.21. The molecular weight excluding hydrogens is 308 g/mol. The molecule has 0 aliphatic carbocycles. The fraction of sp³-hybridized carbons (Fsp3) is 0.0909. The van der Waals surface area contributed by atoms with E-state index in [-0.39, 0.29) is 0 Å². The maximum absolute atomic E-state index is 10.5. The van der Waals surface area contributed by atoms with Crippen LogP contribution in [0.2, 0.25) is 0 Å². The van der Waals surface area contributed by atoms with E-state index in [1.54, 1.807) is 30.6 Å². The number of aromatic nitrogens is 1. The monoisotopic (exact) mass is 324 g/mol. The highest BCUT2D eigenvalue weighted by atomic mass is 16.3. The number of hydrogen-bond donors (Lipinski definition) is 1. The SMILES string of the molecule is [C-]#[N+]c1ccc(Cc2cnccc2C(O)C#Cc2ccccc2)cc1. The van der Waals surface area contributed by atoms with Gasteiger partial charge in [-0.2, -0.15) is 0 Å². The zero-order valence-corrected chi connectivity index (χ0v) is 13.6. The van der Waals surface area contributed by atoms with Crippen LogP contribution in [0.1, 0.15) is 28.4 Å². The molecule has 0 saturated heterocycles. The van der Waals surface area contributed by atoms with E-state index in [0.29, 0.717) is 12.1 Å². The summed E-state index contributed by atoms with van der Waals surface area (Å²) in [7, 11) is 0. The van der Waals surface area contributed by atoms with Crippen molar-refractivity contribution in [2.45, 2.75) is 12.5 Å². The van der Waals surface area contributed by atoms with E-state index in [1.165, 1.54) is 0 Å². The molecule has 0 spiro atoms. The van der Waals surface area contributed by atoms with Crippen LogP contribution in [-0.2, 0) is 6.42 Å². The van der Waals surface area contributed by atoms with Crippen molar-refractivity contribution in [1.82, 2.24) is 4.98 Å². The van der Waals surface area contributed by atoms with Crippen LogP contribution in [0.5, 0.6) is 0 Å². The summed E-state index contributed by atoms with van der Waals surface area (Å²) < 4.78 is 0. The van der Waals surface area contributed by atoms with Gasteiger partial charge in [0.2, 0.25) is 0 Å². The molecule has 0 aliphatic heterocycles. The second-order valence-corrected chi connectivity index (χ2v) is 5.57. The van der Waals surface area contributed by atoms with E-state index in [4.69, 9.17) is 6.57 Å². The second kappa shape index (κ2) is 7.93. The molecule has 0 fully saturated rings. The van der Waals surface area contributed by atoms with Gasteiger partial charge in [0.05, 0.1) is 6.57 Å². The number of aliphatic hydroxyl groups excluding tert-OH is 1. The maximum atomic E-state index is 10.5. The molecule has 3 aromatic rings. The molecule has 0 aliphatic rings. The maximum Gasteiger partial charge on any atom is 0.187 e. The summed E-state index contributed by atoms with van der Waals surface area (Å²) >= 11 is 0. The van der Waals surface area contributed by atoms with Crippen molar-refractivity contribution in [3.63, 3.8) is 0 Å². The first-order chi connectivity index (χ1) is 12.3. The summed E-state index contributed by atoms with van der Waals surface area (Å²) in [5, 5.41) is 10.5. The number of pyridine rings is 1. The second-order valence-electron chi connectivity index (χ2n) is 5.57. The Labute approximate surface area is 147 Å². The Balaban J connectivity index is 1.83. The first kappa shape index (κ1) is 16.5. The number of benzene rings is 2. The molecule has 0 amide bonds. The van der Waals surface area contributed by atoms with E-state index in [0.717, 1.165) is 22.3 Å². The van der Waals surface area contributed by atoms with Crippen molar-refractivity contribution in [3.8, 4) is 11.8 Å². The van der Waals surface area contributed by atoms with Crippen LogP contribution in [0, 0.1) is 18.4 Å². The Morgan fingerprint density at radius 1 is 1.04 bits per heavy atom. The minimum Gasteiger partial charge on any atom is -0.376 e. The largest absolute Gasteiger partial charge is 0.376 e. The minimum absolute atomic E-state index is 0.615. The molecule has 3 heteroatoms. The minimum atomic E-state index is -0.874. The lowest BCUT2D eigenvalue weighted by Gasteiger charge is -2.11. The molecule has 1 atom stereocenters. The molecule has 3 rings (SSSR count). The predicted octanol–water partition coefficient (Wildman–Crippen LogP) is 4.31. The molecule has 2 aromatic carbocycles. The highest BCUT2D eigenvalue weighted by molar-refractivity contribution is 5.46. The quantitative estimate of drug-likeness (QED) is 0.576. The van der Waals surface area contributed by atoms with Crippen molar-refractivity contribution in [2.75, 3.05) is 0 Å². The third kappa shape index (κ3) is 4.32. The van der Waals surface area contributed by atoms with Crippen LogP contribution in [0.25, 0.3) is 4.85 Å². The average molecular weight is 324 g/mol. The van der Waals surface area contributed by atoms with Gasteiger partial charge in [0, 0.05) is 18.0 Å². The van der Waals surface area contributed by atoms with Crippen LogP contribution in [0.4, 0.5) is 5.69 Å². The van der Waals surface area contributed by atoms with Crippen molar-refractivity contribution in [2.24, 2.45) is 0 Å². The summed E-state index contributed by atoms with van der Waals surface area (Å²) in [5.41, 5.74) is 4.22. The van der Waals surface area contributed by atoms with Crippen LogP contribution >= 0.6 is 0 Å². The van der Waals surface area contributed by atoms with E-state index in [2.05, 4.69) is 21.7 Å². The molecule has 1 unspecified atom stereocenters. The average Bonchev–Trinajstić information content (AvgIpc) is 2.68. The molecule has 1 heterocycles. The van der Waals surface area contributed by atoms with E-state index in [9.17, 15) is 5.11 Å². The lowest BCUT2D eigenvalue weighted by molar-refractivity contribution is 0.237. The molecule has 1 aromatic heterocycles. The molecular formula is C22H16N2O. The highest BCUT2D eigenvalue weighted by Gasteiger charge is 2.10. The smallest absolute Gasteiger partial charge is 0.187 e. The number of nitrogens with zero attached hydrogens (tertiary/aromatic N) is 2. The van der Waals surface area contributed by atoms with Gasteiger partial charge in [0.15, 0.2) is 5.69 Å². The molecule has 0 saturated carbocycles. The fourth-order valence-corrected chi connectivity index (χ4v) is 2.51. The Hall–Kier alpha value is -3.40. The third-order valence-corrected chi connectivity index (χ3v) is 3.82. The zero-order chi connectivity index (χ0) is 17.5. The zero-order valence-electron chi connectivity index (χ0n) is 13.6. The van der Waals surface area contributed by atoms with Gasteiger partial charge in [-0.25, -0.2) is 4.85 Å². The van der Waals surface area contributed by atoms with Gasteiger partial charge in [-0.3, -0.25) is 4.98 Å². The van der Waals surface area contributed by atoms with Gasteiger partial charge < -0.3 is 5.11 Å². The normalized spacial score (nSPS) is 11.0. The first-order valence-corrected chi connectivity index (χ1v) is 7.90. The standard InChI is InChI=1S/C22H16N2O/c1-23-20-10-7-18(8-11-20)15-19-16-24-14-13-21(19)22(25)12-9-17-5-3-2-4-6-17/h2-8,10-11,13-14,16,22,25H,15H2. The summed E-state index contributed by atoms with van der Waals surface area (Å²) in [6.07, 6.45) is 3.17. The van der Waals surface area contributed by atoms with Crippen LogP contribution in [0.15, 0.2) is 73.1 Å². The molecule has 120 valence electrons. The topological polar surface area (TPSA) is 37.5 Å². The van der Waals surface area contributed by atoms with Crippen molar-refractivity contribution >= 4 is 5.69 Å². The Morgan fingerprint density at radius 2 is 1.80 bits per heavy atom. The summed E-state index contributed by atoms with van der Waals surface area (Å²) in [4.78, 5) is 7.57. The summed E-state index contributed by atoms with van der Waals surface area (Å²) in [6.45, 7) is 7.01. The van der Waals surface area contributed by atoms with Crippen LogP contribution < -0.4 is 0 Å². The van der Waals surface area contributed by atoms with Gasteiger partial charge in [-0.15, -0.1) is 0 Å². The Kier molecular flexibility index (Phi) is 5.22. The Bertz CT molecular complexity index is 945.